The Morgan fingerprint density at radius 1 is 0.909 bits per heavy atom. The number of imidazole rings is 1. The van der Waals surface area contributed by atoms with Crippen molar-refractivity contribution in [3.63, 3.8) is 0 Å². The predicted octanol–water partition coefficient (Wildman–Crippen LogP) is 2.97. The van der Waals surface area contributed by atoms with E-state index in [1.165, 1.54) is 0 Å². The molecule has 11 nitrogen and oxygen atoms in total. The highest BCUT2D eigenvalue weighted by atomic mass is 16.5. The molecule has 0 aliphatic rings. The first-order valence-electron chi connectivity index (χ1n) is 14.8. The summed E-state index contributed by atoms with van der Waals surface area (Å²) in [4.78, 5) is 33.1. The Morgan fingerprint density at radius 3 is 2.27 bits per heavy atom. The summed E-state index contributed by atoms with van der Waals surface area (Å²) in [5.41, 5.74) is 11.1. The van der Waals surface area contributed by atoms with E-state index in [2.05, 4.69) is 51.2 Å². The fourth-order valence-electron chi connectivity index (χ4n) is 4.67. The van der Waals surface area contributed by atoms with Gasteiger partial charge in [-0.2, -0.15) is 0 Å². The number of carbonyl (C=O) groups excluding carboxylic acids is 2. The maximum absolute atomic E-state index is 12.2. The number of anilines is 1. The van der Waals surface area contributed by atoms with Gasteiger partial charge in [-0.1, -0.05) is 61.7 Å². The Labute approximate surface area is 257 Å². The number of terminal acetylenes is 1. The van der Waals surface area contributed by atoms with Crippen LogP contribution in [0.5, 0.6) is 0 Å². The number of hydrogen-bond acceptors (Lipinski definition) is 8. The topological polar surface area (TPSA) is 143 Å². The third-order valence-corrected chi connectivity index (χ3v) is 6.89. The normalized spacial score (nSPS) is 11.1. The molecule has 0 unspecified atom stereocenters. The van der Waals surface area contributed by atoms with Gasteiger partial charge in [-0.15, -0.1) is 6.42 Å². The molecule has 2 aromatic carbocycles. The monoisotopic (exact) mass is 600 g/mol. The van der Waals surface area contributed by atoms with Gasteiger partial charge in [0.25, 0.3) is 0 Å². The van der Waals surface area contributed by atoms with Crippen LogP contribution in [0.1, 0.15) is 36.7 Å². The summed E-state index contributed by atoms with van der Waals surface area (Å²) in [6.07, 6.45) is 8.04. The van der Waals surface area contributed by atoms with Crippen molar-refractivity contribution in [1.82, 2.24) is 25.2 Å². The summed E-state index contributed by atoms with van der Waals surface area (Å²) in [5, 5.41) is 6.42. The van der Waals surface area contributed by atoms with Gasteiger partial charge < -0.3 is 35.1 Å². The van der Waals surface area contributed by atoms with Crippen LogP contribution in [0.15, 0.2) is 48.5 Å². The minimum atomic E-state index is -0.273. The molecule has 232 valence electrons. The maximum Gasteiger partial charge on any atom is 0.246 e. The molecule has 2 amide bonds. The highest BCUT2D eigenvalue weighted by molar-refractivity contribution is 6.06. The molecule has 0 radical (unpaired) electrons. The van der Waals surface area contributed by atoms with Crippen LogP contribution >= 0.6 is 0 Å². The van der Waals surface area contributed by atoms with Gasteiger partial charge in [-0.3, -0.25) is 9.59 Å². The Morgan fingerprint density at radius 2 is 1.57 bits per heavy atom. The zero-order chi connectivity index (χ0) is 31.1. The molecule has 0 saturated heterocycles. The number of amides is 2. The fourth-order valence-corrected chi connectivity index (χ4v) is 4.67. The molecule has 0 atom stereocenters. The Bertz CT molecular complexity index is 1580. The van der Waals surface area contributed by atoms with Crippen molar-refractivity contribution in [3.8, 4) is 12.3 Å². The standard InChI is InChI=1S/C33H40N6O5/c1-3-5-10-28-38-31-32(26-8-6-7-9-27(26)37-33(31)34)39(28)21-25-13-11-24(12-14-25)20-36-30(41)23-44-19-17-42-16-18-43-22-29(40)35-15-4-2/h2,6-9,11-14H,3,5,10,15-23H2,1H3,(H2,34,37)(H,35,40)(H,36,41). The quantitative estimate of drug-likeness (QED) is 0.117. The molecule has 11 heteroatoms. The van der Waals surface area contributed by atoms with Crippen LogP contribution < -0.4 is 16.4 Å². The summed E-state index contributed by atoms with van der Waals surface area (Å²) >= 11 is 0. The van der Waals surface area contributed by atoms with Crippen molar-refractivity contribution >= 4 is 39.6 Å². The molecule has 4 rings (SSSR count). The van der Waals surface area contributed by atoms with E-state index in [-0.39, 0.29) is 44.8 Å². The number of nitrogens with one attached hydrogen (secondary N) is 2. The molecule has 4 N–H and O–H groups in total. The third-order valence-electron chi connectivity index (χ3n) is 6.89. The number of benzene rings is 2. The number of para-hydroxylation sites is 1. The smallest absolute Gasteiger partial charge is 0.246 e. The van der Waals surface area contributed by atoms with Crippen molar-refractivity contribution in [2.75, 3.05) is 51.9 Å². The summed E-state index contributed by atoms with van der Waals surface area (Å²) < 4.78 is 18.2. The largest absolute Gasteiger partial charge is 0.382 e. The van der Waals surface area contributed by atoms with E-state index in [1.807, 2.05) is 30.3 Å². The number of nitrogens with two attached hydrogens (primary N) is 1. The maximum atomic E-state index is 12.2. The SMILES string of the molecule is C#CCNC(=O)COCCOCCOCC(=O)NCc1ccc(Cn2c(CCCC)nc3c(N)nc4ccccc4c32)cc1. The van der Waals surface area contributed by atoms with Crippen molar-refractivity contribution < 1.29 is 23.8 Å². The number of carbonyl (C=O) groups is 2. The van der Waals surface area contributed by atoms with E-state index in [1.54, 1.807) is 0 Å². The van der Waals surface area contributed by atoms with Gasteiger partial charge in [0.2, 0.25) is 11.8 Å². The molecule has 2 heterocycles. The van der Waals surface area contributed by atoms with Crippen LogP contribution in [0, 0.1) is 12.3 Å². The first-order valence-corrected chi connectivity index (χ1v) is 14.8. The highest BCUT2D eigenvalue weighted by Gasteiger charge is 2.17. The number of aryl methyl sites for hydroxylation is 1. The molecule has 0 fully saturated rings. The number of ether oxygens (including phenoxy) is 3. The average molecular weight is 601 g/mol. The molecule has 0 saturated carbocycles. The van der Waals surface area contributed by atoms with Crippen LogP contribution in [0.4, 0.5) is 5.82 Å². The summed E-state index contributed by atoms with van der Waals surface area (Å²) in [6.45, 7) is 4.42. The lowest BCUT2D eigenvalue weighted by Crippen LogP contribution is -2.28. The van der Waals surface area contributed by atoms with Gasteiger partial charge in [-0.05, 0) is 23.6 Å². The summed E-state index contributed by atoms with van der Waals surface area (Å²) in [6, 6.07) is 16.2. The van der Waals surface area contributed by atoms with Crippen molar-refractivity contribution in [1.29, 1.82) is 0 Å². The first-order chi connectivity index (χ1) is 21.5. The van der Waals surface area contributed by atoms with E-state index in [9.17, 15) is 9.59 Å². The Kier molecular flexibility index (Phi) is 12.5. The van der Waals surface area contributed by atoms with Crippen LogP contribution in [0.3, 0.4) is 0 Å². The second kappa shape index (κ2) is 17.0. The molecular formula is C33H40N6O5. The number of aromatic nitrogens is 3. The number of nitrogens with zero attached hydrogens (tertiary/aromatic N) is 3. The van der Waals surface area contributed by atoms with Gasteiger partial charge in [0.05, 0.1) is 44.0 Å². The Hall–Kier alpha value is -4.50. The van der Waals surface area contributed by atoms with Crippen molar-refractivity contribution in [3.05, 3.63) is 65.5 Å². The van der Waals surface area contributed by atoms with Crippen molar-refractivity contribution in [2.45, 2.75) is 39.3 Å². The molecule has 0 aliphatic heterocycles. The van der Waals surface area contributed by atoms with Crippen LogP contribution in [0.2, 0.25) is 0 Å². The number of rotatable bonds is 18. The van der Waals surface area contributed by atoms with Gasteiger partial charge in [0, 0.05) is 24.9 Å². The lowest BCUT2D eigenvalue weighted by molar-refractivity contribution is -0.126. The van der Waals surface area contributed by atoms with E-state index in [0.717, 1.165) is 58.2 Å². The average Bonchev–Trinajstić information content (AvgIpc) is 3.40. The Balaban J connectivity index is 1.22. The van der Waals surface area contributed by atoms with Crippen LogP contribution in [-0.4, -0.2) is 72.5 Å². The molecule has 0 bridgehead atoms. The molecule has 0 aliphatic carbocycles. The second-order valence-electron chi connectivity index (χ2n) is 10.2. The minimum Gasteiger partial charge on any atom is -0.382 e. The number of hydrogen-bond donors (Lipinski definition) is 3. The lowest BCUT2D eigenvalue weighted by atomic mass is 10.1. The lowest BCUT2D eigenvalue weighted by Gasteiger charge is -2.12. The van der Waals surface area contributed by atoms with Gasteiger partial charge >= 0.3 is 0 Å². The zero-order valence-corrected chi connectivity index (χ0v) is 25.1. The van der Waals surface area contributed by atoms with Gasteiger partial charge in [-0.25, -0.2) is 9.97 Å². The fraction of sp³-hybridized carbons (Fsp3) is 0.394. The molecule has 44 heavy (non-hydrogen) atoms. The van der Waals surface area contributed by atoms with E-state index >= 15 is 0 Å². The van der Waals surface area contributed by atoms with E-state index in [0.29, 0.717) is 32.1 Å². The number of unbranched alkanes of at least 4 members (excludes halogenated alkanes) is 1. The first kappa shape index (κ1) is 32.4. The van der Waals surface area contributed by atoms with Crippen molar-refractivity contribution in [2.24, 2.45) is 0 Å². The van der Waals surface area contributed by atoms with E-state index < -0.39 is 0 Å². The second-order valence-corrected chi connectivity index (χ2v) is 10.2. The number of nitrogen functional groups attached to an aromatic ring is 1. The minimum absolute atomic E-state index is 0.0620. The molecule has 0 spiro atoms. The van der Waals surface area contributed by atoms with Crippen LogP contribution in [0.25, 0.3) is 21.9 Å². The van der Waals surface area contributed by atoms with Gasteiger partial charge in [0.15, 0.2) is 5.82 Å². The summed E-state index contributed by atoms with van der Waals surface area (Å²) in [7, 11) is 0. The van der Waals surface area contributed by atoms with E-state index in [4.69, 9.17) is 31.4 Å². The van der Waals surface area contributed by atoms with Gasteiger partial charge in [0.1, 0.15) is 24.6 Å². The molecule has 2 aromatic heterocycles. The third kappa shape index (κ3) is 9.25. The highest BCUT2D eigenvalue weighted by Crippen LogP contribution is 2.30. The molecular weight excluding hydrogens is 560 g/mol. The zero-order valence-electron chi connectivity index (χ0n) is 25.1. The van der Waals surface area contributed by atoms with Crippen LogP contribution in [-0.2, 0) is 43.3 Å². The number of fused-ring (bicyclic) bond motifs is 3. The summed E-state index contributed by atoms with van der Waals surface area (Å²) in [5.74, 6) is 3.28. The number of pyridine rings is 1. The molecule has 4 aromatic rings. The predicted molar refractivity (Wildman–Crippen MR) is 170 cm³/mol.